The zero-order chi connectivity index (χ0) is 21.9. The van der Waals surface area contributed by atoms with E-state index in [2.05, 4.69) is 27.4 Å². The van der Waals surface area contributed by atoms with Gasteiger partial charge < -0.3 is 14.8 Å². The van der Waals surface area contributed by atoms with Gasteiger partial charge in [-0.3, -0.25) is 10.0 Å². The van der Waals surface area contributed by atoms with Gasteiger partial charge in [0.05, 0.1) is 19.2 Å². The number of ether oxygens (including phenoxy) is 2. The first-order chi connectivity index (χ1) is 15.2. The molecule has 3 rings (SSSR count). The molecule has 31 heavy (non-hydrogen) atoms. The van der Waals surface area contributed by atoms with Gasteiger partial charge in [0.1, 0.15) is 12.1 Å². The van der Waals surface area contributed by atoms with Gasteiger partial charge >= 0.3 is 0 Å². The van der Waals surface area contributed by atoms with Crippen LogP contribution in [0.4, 0.5) is 5.82 Å². The van der Waals surface area contributed by atoms with Crippen LogP contribution in [0.1, 0.15) is 31.2 Å². The fourth-order valence-electron chi connectivity index (χ4n) is 3.25. The molecule has 3 aromatic rings. The Morgan fingerprint density at radius 3 is 2.68 bits per heavy atom. The van der Waals surface area contributed by atoms with Crippen molar-refractivity contribution in [3.8, 4) is 11.5 Å². The molecular weight excluding hydrogens is 396 g/mol. The van der Waals surface area contributed by atoms with Gasteiger partial charge in [-0.05, 0) is 37.3 Å². The number of hydrogen-bond acceptors (Lipinski definition) is 7. The summed E-state index contributed by atoms with van der Waals surface area (Å²) < 4.78 is 11.4. The third-order valence-corrected chi connectivity index (χ3v) is 4.90. The lowest BCUT2D eigenvalue weighted by Crippen LogP contribution is -2.17. The minimum absolute atomic E-state index is 0.297. The van der Waals surface area contributed by atoms with E-state index in [-0.39, 0.29) is 5.91 Å². The maximum absolute atomic E-state index is 11.0. The fraction of sp³-hybridized carbons (Fsp3) is 0.348. The van der Waals surface area contributed by atoms with Crippen LogP contribution >= 0.6 is 0 Å². The standard InChI is InChI=1S/C23H28N4O4/c1-30-20-15-19-18(14-21(20)31-13-7-3-6-10-22(28)27-29)23(26-16-25-19)24-12-11-17-8-4-2-5-9-17/h2,4-5,8-9,14-16,29H,3,6-7,10-13H2,1H3,(H,27,28)(H,24,25,26). The summed E-state index contributed by atoms with van der Waals surface area (Å²) >= 11 is 0. The van der Waals surface area contributed by atoms with Crippen molar-refractivity contribution in [1.29, 1.82) is 0 Å². The lowest BCUT2D eigenvalue weighted by molar-refractivity contribution is -0.129. The lowest BCUT2D eigenvalue weighted by Gasteiger charge is -2.14. The minimum atomic E-state index is -0.371. The van der Waals surface area contributed by atoms with Crippen LogP contribution in [0.15, 0.2) is 48.8 Å². The van der Waals surface area contributed by atoms with Gasteiger partial charge in [-0.1, -0.05) is 30.3 Å². The van der Waals surface area contributed by atoms with Crippen molar-refractivity contribution >= 4 is 22.6 Å². The number of carbonyl (C=O) groups excluding carboxylic acids is 1. The van der Waals surface area contributed by atoms with Gasteiger partial charge in [-0.2, -0.15) is 0 Å². The van der Waals surface area contributed by atoms with E-state index in [1.54, 1.807) is 12.6 Å². The summed E-state index contributed by atoms with van der Waals surface area (Å²) in [5, 5.41) is 12.8. The average Bonchev–Trinajstić information content (AvgIpc) is 2.81. The molecule has 8 heteroatoms. The number of carbonyl (C=O) groups is 1. The van der Waals surface area contributed by atoms with Gasteiger partial charge in [0, 0.05) is 24.4 Å². The first-order valence-corrected chi connectivity index (χ1v) is 10.4. The molecule has 0 aliphatic heterocycles. The summed E-state index contributed by atoms with van der Waals surface area (Å²) in [7, 11) is 1.60. The fourth-order valence-corrected chi connectivity index (χ4v) is 3.25. The molecule has 3 N–H and O–H groups in total. The molecule has 0 spiro atoms. The Balaban J connectivity index is 1.62. The van der Waals surface area contributed by atoms with Crippen LogP contribution in [-0.2, 0) is 11.2 Å². The molecule has 164 valence electrons. The SMILES string of the molecule is COc1cc2ncnc(NCCc3ccccc3)c2cc1OCCCCCC(=O)NO. The first-order valence-electron chi connectivity index (χ1n) is 10.4. The van der Waals surface area contributed by atoms with Gasteiger partial charge in [-0.15, -0.1) is 0 Å². The number of fused-ring (bicyclic) bond motifs is 1. The van der Waals surface area contributed by atoms with Gasteiger partial charge in [0.25, 0.3) is 0 Å². The van der Waals surface area contributed by atoms with Crippen LogP contribution in [0.2, 0.25) is 0 Å². The Morgan fingerprint density at radius 2 is 1.90 bits per heavy atom. The molecule has 0 bridgehead atoms. The van der Waals surface area contributed by atoms with E-state index < -0.39 is 0 Å². The van der Waals surface area contributed by atoms with Crippen LogP contribution in [0.25, 0.3) is 10.9 Å². The molecule has 0 saturated heterocycles. The average molecular weight is 425 g/mol. The van der Waals surface area contributed by atoms with Gasteiger partial charge in [0.2, 0.25) is 5.91 Å². The van der Waals surface area contributed by atoms with Crippen molar-refractivity contribution in [2.24, 2.45) is 0 Å². The maximum atomic E-state index is 11.0. The summed E-state index contributed by atoms with van der Waals surface area (Å²) in [6.45, 7) is 1.24. The third kappa shape index (κ3) is 6.55. The Labute approximate surface area is 181 Å². The predicted molar refractivity (Wildman–Crippen MR) is 119 cm³/mol. The zero-order valence-electron chi connectivity index (χ0n) is 17.6. The Kier molecular flexibility index (Phi) is 8.42. The Morgan fingerprint density at radius 1 is 1.06 bits per heavy atom. The minimum Gasteiger partial charge on any atom is -0.493 e. The molecule has 1 heterocycles. The van der Waals surface area contributed by atoms with Crippen molar-refractivity contribution in [2.45, 2.75) is 32.1 Å². The number of hydroxylamine groups is 1. The number of benzene rings is 2. The molecule has 0 aliphatic rings. The molecule has 1 aromatic heterocycles. The van der Waals surface area contributed by atoms with Crippen molar-refractivity contribution in [3.05, 3.63) is 54.4 Å². The normalized spacial score (nSPS) is 10.6. The van der Waals surface area contributed by atoms with Crippen LogP contribution in [0, 0.1) is 0 Å². The number of anilines is 1. The molecular formula is C23H28N4O4. The van der Waals surface area contributed by atoms with Crippen LogP contribution < -0.4 is 20.3 Å². The van der Waals surface area contributed by atoms with E-state index in [1.807, 2.05) is 30.3 Å². The van der Waals surface area contributed by atoms with Crippen LogP contribution in [0.3, 0.4) is 0 Å². The number of methoxy groups -OCH3 is 1. The maximum Gasteiger partial charge on any atom is 0.243 e. The molecule has 0 aliphatic carbocycles. The highest BCUT2D eigenvalue weighted by molar-refractivity contribution is 5.91. The van der Waals surface area contributed by atoms with Crippen molar-refractivity contribution in [3.63, 3.8) is 0 Å². The topological polar surface area (TPSA) is 106 Å². The summed E-state index contributed by atoms with van der Waals surface area (Å²) in [6.07, 6.45) is 5.01. The molecule has 8 nitrogen and oxygen atoms in total. The summed E-state index contributed by atoms with van der Waals surface area (Å²) in [4.78, 5) is 19.8. The highest BCUT2D eigenvalue weighted by Gasteiger charge is 2.11. The number of aromatic nitrogens is 2. The third-order valence-electron chi connectivity index (χ3n) is 4.90. The highest BCUT2D eigenvalue weighted by atomic mass is 16.5. The smallest absolute Gasteiger partial charge is 0.243 e. The van der Waals surface area contributed by atoms with E-state index >= 15 is 0 Å². The molecule has 0 atom stereocenters. The van der Waals surface area contributed by atoms with Crippen LogP contribution in [-0.4, -0.2) is 41.3 Å². The van der Waals surface area contributed by atoms with E-state index in [0.29, 0.717) is 30.9 Å². The monoisotopic (exact) mass is 424 g/mol. The second-order valence-corrected chi connectivity index (χ2v) is 7.10. The van der Waals surface area contributed by atoms with E-state index in [4.69, 9.17) is 14.7 Å². The number of nitrogens with zero attached hydrogens (tertiary/aromatic N) is 2. The van der Waals surface area contributed by atoms with E-state index in [9.17, 15) is 4.79 Å². The largest absolute Gasteiger partial charge is 0.493 e. The predicted octanol–water partition coefficient (Wildman–Crippen LogP) is 3.74. The summed E-state index contributed by atoms with van der Waals surface area (Å²) in [5.74, 6) is 1.62. The lowest BCUT2D eigenvalue weighted by atomic mass is 10.1. The Hall–Kier alpha value is -3.39. The van der Waals surface area contributed by atoms with Gasteiger partial charge in [0.15, 0.2) is 11.5 Å². The quantitative estimate of drug-likeness (QED) is 0.231. The molecule has 2 aromatic carbocycles. The first kappa shape index (κ1) is 22.3. The number of unbranched alkanes of at least 4 members (excludes halogenated alkanes) is 2. The van der Waals surface area contributed by atoms with Crippen LogP contribution in [0.5, 0.6) is 11.5 Å². The zero-order valence-corrected chi connectivity index (χ0v) is 17.6. The molecule has 0 radical (unpaired) electrons. The highest BCUT2D eigenvalue weighted by Crippen LogP contribution is 2.34. The summed E-state index contributed by atoms with van der Waals surface area (Å²) in [5.41, 5.74) is 3.67. The second-order valence-electron chi connectivity index (χ2n) is 7.10. The summed E-state index contributed by atoms with van der Waals surface area (Å²) in [6, 6.07) is 14.0. The molecule has 0 saturated carbocycles. The number of nitrogens with one attached hydrogen (secondary N) is 2. The molecule has 0 unspecified atom stereocenters. The van der Waals surface area contributed by atoms with Gasteiger partial charge in [-0.25, -0.2) is 15.4 Å². The van der Waals surface area contributed by atoms with Crippen molar-refractivity contribution in [1.82, 2.24) is 15.4 Å². The molecule has 0 fully saturated rings. The van der Waals surface area contributed by atoms with Crippen molar-refractivity contribution < 1.29 is 19.5 Å². The number of rotatable bonds is 12. The Bertz CT molecular complexity index is 982. The van der Waals surface area contributed by atoms with E-state index in [0.717, 1.165) is 42.5 Å². The second kappa shape index (κ2) is 11.7. The molecule has 1 amide bonds. The number of amides is 1. The van der Waals surface area contributed by atoms with E-state index in [1.165, 1.54) is 11.9 Å². The van der Waals surface area contributed by atoms with Crippen molar-refractivity contribution in [2.75, 3.05) is 25.6 Å². The number of hydrogen-bond donors (Lipinski definition) is 3.